The summed E-state index contributed by atoms with van der Waals surface area (Å²) in [5, 5.41) is 0.186. The minimum atomic E-state index is 0.186. The van der Waals surface area contributed by atoms with E-state index >= 15 is 0 Å². The van der Waals surface area contributed by atoms with Gasteiger partial charge < -0.3 is 4.42 Å². The molecule has 0 aliphatic rings. The van der Waals surface area contributed by atoms with E-state index in [0.717, 1.165) is 37.2 Å². The van der Waals surface area contributed by atoms with Gasteiger partial charge in [-0.1, -0.05) is 38.1 Å². The van der Waals surface area contributed by atoms with Gasteiger partial charge in [0.2, 0.25) is 0 Å². The number of thiol groups is 1. The van der Waals surface area contributed by atoms with Crippen molar-refractivity contribution in [1.29, 1.82) is 0 Å². The molecule has 0 bridgehead atoms. The topological polar surface area (TPSA) is 13.1 Å². The second-order valence-corrected chi connectivity index (χ2v) is 5.51. The van der Waals surface area contributed by atoms with E-state index in [1.54, 1.807) is 0 Å². The highest BCUT2D eigenvalue weighted by Crippen LogP contribution is 2.27. The van der Waals surface area contributed by atoms with Crippen LogP contribution in [0.5, 0.6) is 0 Å². The molecule has 1 heterocycles. The number of benzene rings is 1. The molecule has 1 aromatic carbocycles. The molecule has 1 nitrogen and oxygen atoms in total. The number of hydrogen-bond donors (Lipinski definition) is 1. The van der Waals surface area contributed by atoms with Gasteiger partial charge >= 0.3 is 0 Å². The molecule has 2 rings (SSSR count). The van der Waals surface area contributed by atoms with E-state index in [4.69, 9.17) is 4.42 Å². The molecule has 0 N–H and O–H groups in total. The molecule has 0 saturated heterocycles. The summed E-state index contributed by atoms with van der Waals surface area (Å²) in [5.74, 6) is 2.03. The van der Waals surface area contributed by atoms with Crippen LogP contribution in [0.4, 0.5) is 0 Å². The minimum Gasteiger partial charge on any atom is -0.465 e. The van der Waals surface area contributed by atoms with Gasteiger partial charge in [0.25, 0.3) is 0 Å². The standard InChI is InChI=1S/C17H22OS/c1-3-13-5-7-14(8-6-13)9-12-17(19)16-11-10-15(4-2)18-16/h5-8,10-11,17,19H,3-4,9,12H2,1-2H3. The zero-order chi connectivity index (χ0) is 13.7. The summed E-state index contributed by atoms with van der Waals surface area (Å²) in [6.07, 6.45) is 4.09. The van der Waals surface area contributed by atoms with Crippen LogP contribution in [0.3, 0.4) is 0 Å². The Morgan fingerprint density at radius 2 is 1.63 bits per heavy atom. The fourth-order valence-corrected chi connectivity index (χ4v) is 2.42. The van der Waals surface area contributed by atoms with Crippen molar-refractivity contribution in [3.05, 3.63) is 59.0 Å². The molecule has 1 unspecified atom stereocenters. The normalized spacial score (nSPS) is 12.6. The van der Waals surface area contributed by atoms with E-state index in [1.807, 2.05) is 0 Å². The van der Waals surface area contributed by atoms with E-state index in [2.05, 4.69) is 62.9 Å². The van der Waals surface area contributed by atoms with Crippen LogP contribution in [-0.4, -0.2) is 0 Å². The Balaban J connectivity index is 1.90. The highest BCUT2D eigenvalue weighted by molar-refractivity contribution is 7.80. The van der Waals surface area contributed by atoms with Gasteiger partial charge in [0.05, 0.1) is 5.25 Å². The molecule has 2 heteroatoms. The summed E-state index contributed by atoms with van der Waals surface area (Å²) in [6, 6.07) is 13.0. The quantitative estimate of drug-likeness (QED) is 0.731. The first-order valence-corrected chi connectivity index (χ1v) is 7.59. The lowest BCUT2D eigenvalue weighted by Gasteiger charge is -2.08. The average molecular weight is 274 g/mol. The van der Waals surface area contributed by atoms with Gasteiger partial charge in [-0.25, -0.2) is 0 Å². The molecule has 0 aliphatic heterocycles. The van der Waals surface area contributed by atoms with Gasteiger partial charge in [-0.05, 0) is 42.5 Å². The number of rotatable bonds is 6. The SMILES string of the molecule is CCc1ccc(CCC(S)c2ccc(CC)o2)cc1. The monoisotopic (exact) mass is 274 g/mol. The van der Waals surface area contributed by atoms with Crippen molar-refractivity contribution in [1.82, 2.24) is 0 Å². The summed E-state index contributed by atoms with van der Waals surface area (Å²) in [5.41, 5.74) is 2.77. The van der Waals surface area contributed by atoms with Gasteiger partial charge in [-0.2, -0.15) is 12.6 Å². The second-order valence-electron chi connectivity index (χ2n) is 4.88. The van der Waals surface area contributed by atoms with Crippen LogP contribution in [0.2, 0.25) is 0 Å². The lowest BCUT2D eigenvalue weighted by molar-refractivity contribution is 0.461. The van der Waals surface area contributed by atoms with E-state index < -0.39 is 0 Å². The van der Waals surface area contributed by atoms with E-state index in [9.17, 15) is 0 Å². The van der Waals surface area contributed by atoms with E-state index in [-0.39, 0.29) is 5.25 Å². The van der Waals surface area contributed by atoms with Crippen LogP contribution in [0.25, 0.3) is 0 Å². The summed E-state index contributed by atoms with van der Waals surface area (Å²) in [6.45, 7) is 4.28. The van der Waals surface area contributed by atoms with Crippen molar-refractivity contribution in [2.24, 2.45) is 0 Å². The molecule has 0 aliphatic carbocycles. The van der Waals surface area contributed by atoms with Crippen molar-refractivity contribution in [3.8, 4) is 0 Å². The van der Waals surface area contributed by atoms with Crippen molar-refractivity contribution >= 4 is 12.6 Å². The summed E-state index contributed by atoms with van der Waals surface area (Å²) < 4.78 is 5.74. The predicted octanol–water partition coefficient (Wildman–Crippen LogP) is 5.01. The minimum absolute atomic E-state index is 0.186. The Morgan fingerprint density at radius 1 is 0.947 bits per heavy atom. The third-order valence-electron chi connectivity index (χ3n) is 3.50. The molecule has 0 saturated carbocycles. The number of hydrogen-bond acceptors (Lipinski definition) is 2. The molecule has 19 heavy (non-hydrogen) atoms. The van der Waals surface area contributed by atoms with Crippen LogP contribution in [0.1, 0.15) is 48.2 Å². The van der Waals surface area contributed by atoms with Gasteiger partial charge in [0.15, 0.2) is 0 Å². The number of aryl methyl sites for hydroxylation is 3. The van der Waals surface area contributed by atoms with Gasteiger partial charge in [-0.3, -0.25) is 0 Å². The largest absolute Gasteiger partial charge is 0.465 e. The van der Waals surface area contributed by atoms with Gasteiger partial charge in [0, 0.05) is 6.42 Å². The predicted molar refractivity (Wildman–Crippen MR) is 84.0 cm³/mol. The van der Waals surface area contributed by atoms with Crippen LogP contribution < -0.4 is 0 Å². The molecule has 1 atom stereocenters. The molecule has 0 fully saturated rings. The lowest BCUT2D eigenvalue weighted by Crippen LogP contribution is -1.93. The lowest BCUT2D eigenvalue weighted by atomic mass is 10.0. The maximum atomic E-state index is 5.74. The van der Waals surface area contributed by atoms with Crippen LogP contribution in [-0.2, 0) is 19.3 Å². The third kappa shape index (κ3) is 3.90. The molecule has 0 radical (unpaired) electrons. The smallest absolute Gasteiger partial charge is 0.116 e. The Bertz CT molecular complexity index is 498. The highest BCUT2D eigenvalue weighted by atomic mass is 32.1. The first-order valence-electron chi connectivity index (χ1n) is 7.07. The van der Waals surface area contributed by atoms with E-state index in [0.29, 0.717) is 0 Å². The Morgan fingerprint density at radius 3 is 2.21 bits per heavy atom. The Kier molecular flexibility index (Phi) is 5.15. The Hall–Kier alpha value is -1.15. The van der Waals surface area contributed by atoms with Crippen molar-refractivity contribution < 1.29 is 4.42 Å². The van der Waals surface area contributed by atoms with Crippen LogP contribution in [0.15, 0.2) is 40.8 Å². The molecule has 102 valence electrons. The van der Waals surface area contributed by atoms with Crippen molar-refractivity contribution in [2.75, 3.05) is 0 Å². The first kappa shape index (κ1) is 14.3. The van der Waals surface area contributed by atoms with Crippen LogP contribution >= 0.6 is 12.6 Å². The zero-order valence-corrected chi connectivity index (χ0v) is 12.6. The number of furan rings is 1. The molecule has 1 aromatic heterocycles. The van der Waals surface area contributed by atoms with Crippen molar-refractivity contribution in [3.63, 3.8) is 0 Å². The average Bonchev–Trinajstić information content (AvgIpc) is 2.94. The fraction of sp³-hybridized carbons (Fsp3) is 0.412. The molecule has 2 aromatic rings. The zero-order valence-electron chi connectivity index (χ0n) is 11.7. The second kappa shape index (κ2) is 6.85. The maximum Gasteiger partial charge on any atom is 0.116 e. The fourth-order valence-electron chi connectivity index (χ4n) is 2.15. The van der Waals surface area contributed by atoms with Gasteiger partial charge in [-0.15, -0.1) is 0 Å². The molecule has 0 spiro atoms. The maximum absolute atomic E-state index is 5.74. The summed E-state index contributed by atoms with van der Waals surface area (Å²) in [4.78, 5) is 0. The van der Waals surface area contributed by atoms with Crippen molar-refractivity contribution in [2.45, 2.75) is 44.8 Å². The summed E-state index contributed by atoms with van der Waals surface area (Å²) in [7, 11) is 0. The Labute approximate surface area is 121 Å². The first-order chi connectivity index (χ1) is 9.22. The third-order valence-corrected chi connectivity index (χ3v) is 4.01. The summed E-state index contributed by atoms with van der Waals surface area (Å²) >= 11 is 4.65. The molecule has 0 amide bonds. The van der Waals surface area contributed by atoms with Crippen LogP contribution in [0, 0.1) is 0 Å². The molecular formula is C17H22OS. The highest BCUT2D eigenvalue weighted by Gasteiger charge is 2.11. The van der Waals surface area contributed by atoms with E-state index in [1.165, 1.54) is 11.1 Å². The molecular weight excluding hydrogens is 252 g/mol. The van der Waals surface area contributed by atoms with Gasteiger partial charge in [0.1, 0.15) is 11.5 Å².